The van der Waals surface area contributed by atoms with Crippen LogP contribution in [0.5, 0.6) is 0 Å². The van der Waals surface area contributed by atoms with Crippen LogP contribution in [-0.2, 0) is 14.4 Å². The van der Waals surface area contributed by atoms with Gasteiger partial charge in [0.25, 0.3) is 0 Å². The molecule has 2 fully saturated rings. The fraction of sp³-hybridized carbons (Fsp3) is 0.556. The Hall–Kier alpha value is -1.92. The van der Waals surface area contributed by atoms with Gasteiger partial charge in [-0.3, -0.25) is 25.0 Å². The van der Waals surface area contributed by atoms with E-state index in [1.54, 1.807) is 11.9 Å². The Balaban J connectivity index is 2.00. The SMILES string of the molecule is CN1CC(N=C2NC(=O)C(=O)N2)CCC1=O. The molecule has 0 bridgehead atoms. The van der Waals surface area contributed by atoms with Gasteiger partial charge in [-0.1, -0.05) is 0 Å². The second-order valence-electron chi connectivity index (χ2n) is 3.85. The average molecular weight is 224 g/mol. The quantitative estimate of drug-likeness (QED) is 0.515. The van der Waals surface area contributed by atoms with Gasteiger partial charge in [0.1, 0.15) is 0 Å². The van der Waals surface area contributed by atoms with E-state index in [4.69, 9.17) is 0 Å². The van der Waals surface area contributed by atoms with E-state index in [-0.39, 0.29) is 17.9 Å². The highest BCUT2D eigenvalue weighted by Crippen LogP contribution is 2.12. The smallest absolute Gasteiger partial charge is 0.316 e. The van der Waals surface area contributed by atoms with E-state index < -0.39 is 11.8 Å². The summed E-state index contributed by atoms with van der Waals surface area (Å²) in [6.07, 6.45) is 1.08. The van der Waals surface area contributed by atoms with Crippen LogP contribution in [0, 0.1) is 0 Å². The van der Waals surface area contributed by atoms with E-state index in [1.165, 1.54) is 0 Å². The van der Waals surface area contributed by atoms with E-state index in [0.29, 0.717) is 19.4 Å². The largest absolute Gasteiger partial charge is 0.344 e. The standard InChI is InChI=1S/C9H12N4O3/c1-13-4-5(2-3-6(13)14)10-9-11-7(15)8(16)12-9/h5H,2-4H2,1H3,(H2,10,11,12,15,16). The summed E-state index contributed by atoms with van der Waals surface area (Å²) < 4.78 is 0. The molecule has 0 aromatic heterocycles. The van der Waals surface area contributed by atoms with Gasteiger partial charge in [-0.2, -0.15) is 0 Å². The van der Waals surface area contributed by atoms with Gasteiger partial charge in [0, 0.05) is 20.0 Å². The number of nitrogens with one attached hydrogen (secondary N) is 2. The lowest BCUT2D eigenvalue weighted by atomic mass is 10.1. The van der Waals surface area contributed by atoms with Crippen molar-refractivity contribution in [2.75, 3.05) is 13.6 Å². The van der Waals surface area contributed by atoms with E-state index in [9.17, 15) is 14.4 Å². The number of carbonyl (C=O) groups excluding carboxylic acids is 3. The minimum absolute atomic E-state index is 0.0728. The van der Waals surface area contributed by atoms with E-state index in [1.807, 2.05) is 0 Å². The number of guanidine groups is 1. The molecule has 1 unspecified atom stereocenters. The zero-order chi connectivity index (χ0) is 11.7. The summed E-state index contributed by atoms with van der Waals surface area (Å²) in [7, 11) is 1.71. The van der Waals surface area contributed by atoms with Crippen LogP contribution < -0.4 is 10.6 Å². The Bertz CT molecular complexity index is 372. The molecule has 0 aromatic rings. The summed E-state index contributed by atoms with van der Waals surface area (Å²) in [5, 5.41) is 4.65. The summed E-state index contributed by atoms with van der Waals surface area (Å²) in [6, 6.07) is -0.0728. The summed E-state index contributed by atoms with van der Waals surface area (Å²) in [5.41, 5.74) is 0. The number of nitrogens with zero attached hydrogens (tertiary/aromatic N) is 2. The summed E-state index contributed by atoms with van der Waals surface area (Å²) in [5.74, 6) is -1.11. The van der Waals surface area contributed by atoms with Gasteiger partial charge < -0.3 is 4.90 Å². The van der Waals surface area contributed by atoms with Crippen molar-refractivity contribution in [3.63, 3.8) is 0 Å². The van der Waals surface area contributed by atoms with Crippen molar-refractivity contribution in [2.24, 2.45) is 4.99 Å². The Morgan fingerprint density at radius 2 is 1.88 bits per heavy atom. The van der Waals surface area contributed by atoms with E-state index >= 15 is 0 Å². The number of carbonyl (C=O) groups is 3. The maximum absolute atomic E-state index is 11.2. The van der Waals surface area contributed by atoms with Crippen LogP contribution in [0.15, 0.2) is 4.99 Å². The topological polar surface area (TPSA) is 90.9 Å². The van der Waals surface area contributed by atoms with E-state index in [0.717, 1.165) is 0 Å². The lowest BCUT2D eigenvalue weighted by Crippen LogP contribution is -2.40. The Morgan fingerprint density at radius 1 is 1.25 bits per heavy atom. The molecule has 2 aliphatic rings. The first-order chi connectivity index (χ1) is 7.56. The number of rotatable bonds is 1. The normalized spacial score (nSPS) is 25.6. The molecule has 16 heavy (non-hydrogen) atoms. The number of likely N-dealkylation sites (N-methyl/N-ethyl adjacent to an activating group) is 1. The third-order valence-corrected chi connectivity index (χ3v) is 2.58. The molecule has 1 atom stereocenters. The van der Waals surface area contributed by atoms with Crippen molar-refractivity contribution < 1.29 is 14.4 Å². The fourth-order valence-corrected chi connectivity index (χ4v) is 1.70. The van der Waals surface area contributed by atoms with Crippen LogP contribution in [0.2, 0.25) is 0 Å². The molecular weight excluding hydrogens is 212 g/mol. The molecule has 0 aliphatic carbocycles. The van der Waals surface area contributed by atoms with Crippen LogP contribution in [0.3, 0.4) is 0 Å². The molecule has 86 valence electrons. The second-order valence-corrected chi connectivity index (χ2v) is 3.85. The number of hydrogen-bond acceptors (Lipinski definition) is 4. The Morgan fingerprint density at radius 3 is 2.44 bits per heavy atom. The summed E-state index contributed by atoms with van der Waals surface area (Å²) in [6.45, 7) is 0.508. The molecule has 7 nitrogen and oxygen atoms in total. The third kappa shape index (κ3) is 2.02. The molecular formula is C9H12N4O3. The molecule has 2 saturated heterocycles. The molecule has 0 aromatic carbocycles. The van der Waals surface area contributed by atoms with Gasteiger partial charge in [0.05, 0.1) is 6.04 Å². The van der Waals surface area contributed by atoms with Gasteiger partial charge in [0.2, 0.25) is 11.9 Å². The van der Waals surface area contributed by atoms with Crippen LogP contribution in [0.4, 0.5) is 0 Å². The molecule has 2 heterocycles. The highest BCUT2D eigenvalue weighted by molar-refractivity contribution is 6.45. The molecule has 2 aliphatic heterocycles. The molecule has 3 amide bonds. The highest BCUT2D eigenvalue weighted by Gasteiger charge is 2.28. The molecule has 2 N–H and O–H groups in total. The van der Waals surface area contributed by atoms with Crippen molar-refractivity contribution in [2.45, 2.75) is 18.9 Å². The molecule has 0 saturated carbocycles. The van der Waals surface area contributed by atoms with Crippen molar-refractivity contribution in [3.05, 3.63) is 0 Å². The van der Waals surface area contributed by atoms with E-state index in [2.05, 4.69) is 15.6 Å². The summed E-state index contributed by atoms with van der Waals surface area (Å²) in [4.78, 5) is 38.7. The number of aliphatic imine (C=N–C) groups is 1. The van der Waals surface area contributed by atoms with Crippen LogP contribution in [-0.4, -0.2) is 48.2 Å². The van der Waals surface area contributed by atoms with Crippen LogP contribution >= 0.6 is 0 Å². The molecule has 0 spiro atoms. The van der Waals surface area contributed by atoms with Crippen LogP contribution in [0.1, 0.15) is 12.8 Å². The lowest BCUT2D eigenvalue weighted by Gasteiger charge is -2.27. The first kappa shape index (κ1) is 10.6. The second kappa shape index (κ2) is 3.92. The zero-order valence-corrected chi connectivity index (χ0v) is 8.82. The van der Waals surface area contributed by atoms with Crippen molar-refractivity contribution >= 4 is 23.7 Å². The summed E-state index contributed by atoms with van der Waals surface area (Å²) >= 11 is 0. The molecule has 0 radical (unpaired) electrons. The molecule has 2 rings (SSSR count). The van der Waals surface area contributed by atoms with Gasteiger partial charge in [0.15, 0.2) is 0 Å². The zero-order valence-electron chi connectivity index (χ0n) is 8.82. The third-order valence-electron chi connectivity index (χ3n) is 2.58. The first-order valence-electron chi connectivity index (χ1n) is 5.00. The number of amides is 3. The van der Waals surface area contributed by atoms with Crippen LogP contribution in [0.25, 0.3) is 0 Å². The minimum atomic E-state index is -0.695. The molecule has 7 heteroatoms. The lowest BCUT2D eigenvalue weighted by molar-refractivity contribution is -0.135. The Labute approximate surface area is 91.9 Å². The maximum atomic E-state index is 11.2. The van der Waals surface area contributed by atoms with Gasteiger partial charge in [-0.25, -0.2) is 4.99 Å². The number of likely N-dealkylation sites (tertiary alicyclic amines) is 1. The number of piperidine rings is 1. The van der Waals surface area contributed by atoms with Gasteiger partial charge in [-0.05, 0) is 6.42 Å². The average Bonchev–Trinajstić information content (AvgIpc) is 2.52. The van der Waals surface area contributed by atoms with Crippen molar-refractivity contribution in [3.8, 4) is 0 Å². The minimum Gasteiger partial charge on any atom is -0.344 e. The predicted molar refractivity (Wildman–Crippen MR) is 54.4 cm³/mol. The van der Waals surface area contributed by atoms with Crippen molar-refractivity contribution in [1.82, 2.24) is 15.5 Å². The predicted octanol–water partition coefficient (Wildman–Crippen LogP) is -1.79. The van der Waals surface area contributed by atoms with Crippen molar-refractivity contribution in [1.29, 1.82) is 0 Å². The number of hydrogen-bond donors (Lipinski definition) is 2. The highest BCUT2D eigenvalue weighted by atomic mass is 16.2. The Kier molecular flexibility index (Phi) is 2.59. The first-order valence-corrected chi connectivity index (χ1v) is 5.00. The maximum Gasteiger partial charge on any atom is 0.316 e. The monoisotopic (exact) mass is 224 g/mol. The van der Waals surface area contributed by atoms with Gasteiger partial charge in [-0.15, -0.1) is 0 Å². The fourth-order valence-electron chi connectivity index (χ4n) is 1.70. The van der Waals surface area contributed by atoms with Gasteiger partial charge >= 0.3 is 11.8 Å².